The summed E-state index contributed by atoms with van der Waals surface area (Å²) >= 11 is 0. The van der Waals surface area contributed by atoms with Crippen LogP contribution in [0.3, 0.4) is 0 Å². The number of rotatable bonds is 6. The van der Waals surface area contributed by atoms with Gasteiger partial charge in [0.05, 0.1) is 25.8 Å². The van der Waals surface area contributed by atoms with Gasteiger partial charge < -0.3 is 10.1 Å². The van der Waals surface area contributed by atoms with Crippen LogP contribution >= 0.6 is 0 Å². The zero-order valence-electron chi connectivity index (χ0n) is 12.4. The minimum atomic E-state index is -0.381. The number of morpholine rings is 1. The van der Waals surface area contributed by atoms with E-state index in [0.717, 1.165) is 13.0 Å². The van der Waals surface area contributed by atoms with Crippen molar-refractivity contribution in [2.24, 2.45) is 5.92 Å². The number of ether oxygens (including phenoxy) is 1. The van der Waals surface area contributed by atoms with Crippen LogP contribution in [0.4, 0.5) is 0 Å². The normalized spacial score (nSPS) is 22.3. The van der Waals surface area contributed by atoms with Gasteiger partial charge >= 0.3 is 0 Å². The van der Waals surface area contributed by atoms with Gasteiger partial charge in [-0.3, -0.25) is 14.5 Å². The SMILES string of the molecule is CCC1COCCN1CC(=O)NC(C(C)=O)C(C)C. The number of carbonyl (C=O) groups is 2. The third kappa shape index (κ3) is 4.91. The Morgan fingerprint density at radius 2 is 2.11 bits per heavy atom. The molecule has 110 valence electrons. The van der Waals surface area contributed by atoms with Crippen LogP contribution in [0.15, 0.2) is 0 Å². The number of nitrogens with zero attached hydrogens (tertiary/aromatic N) is 1. The topological polar surface area (TPSA) is 58.6 Å². The molecule has 1 saturated heterocycles. The first kappa shape index (κ1) is 16.1. The molecule has 0 aromatic heterocycles. The van der Waals surface area contributed by atoms with Crippen molar-refractivity contribution in [2.75, 3.05) is 26.3 Å². The lowest BCUT2D eigenvalue weighted by Crippen LogP contribution is -2.52. The number of nitrogens with one attached hydrogen (secondary N) is 1. The van der Waals surface area contributed by atoms with Crippen LogP contribution in [0.25, 0.3) is 0 Å². The Morgan fingerprint density at radius 3 is 2.63 bits per heavy atom. The third-order valence-corrected chi connectivity index (χ3v) is 3.59. The fraction of sp³-hybridized carbons (Fsp3) is 0.857. The number of hydrogen-bond acceptors (Lipinski definition) is 4. The van der Waals surface area contributed by atoms with Gasteiger partial charge in [0.1, 0.15) is 0 Å². The van der Waals surface area contributed by atoms with Gasteiger partial charge in [0, 0.05) is 12.6 Å². The molecule has 0 saturated carbocycles. The van der Waals surface area contributed by atoms with E-state index in [2.05, 4.69) is 17.1 Å². The van der Waals surface area contributed by atoms with E-state index >= 15 is 0 Å². The summed E-state index contributed by atoms with van der Waals surface area (Å²) in [6.45, 7) is 9.97. The monoisotopic (exact) mass is 270 g/mol. The van der Waals surface area contributed by atoms with E-state index in [4.69, 9.17) is 4.74 Å². The van der Waals surface area contributed by atoms with Gasteiger partial charge in [-0.05, 0) is 19.3 Å². The molecule has 2 unspecified atom stereocenters. The van der Waals surface area contributed by atoms with Crippen molar-refractivity contribution in [3.8, 4) is 0 Å². The van der Waals surface area contributed by atoms with Crippen LogP contribution < -0.4 is 5.32 Å². The zero-order valence-corrected chi connectivity index (χ0v) is 12.4. The Bertz CT molecular complexity index is 318. The van der Waals surface area contributed by atoms with Gasteiger partial charge in [-0.1, -0.05) is 20.8 Å². The van der Waals surface area contributed by atoms with Gasteiger partial charge in [0.25, 0.3) is 0 Å². The molecule has 0 spiro atoms. The smallest absolute Gasteiger partial charge is 0.234 e. The van der Waals surface area contributed by atoms with Gasteiger partial charge in [-0.2, -0.15) is 0 Å². The van der Waals surface area contributed by atoms with E-state index in [-0.39, 0.29) is 23.7 Å². The molecule has 1 aliphatic rings. The molecular weight excluding hydrogens is 244 g/mol. The Hall–Kier alpha value is -0.940. The van der Waals surface area contributed by atoms with Crippen LogP contribution in [0.1, 0.15) is 34.1 Å². The fourth-order valence-electron chi connectivity index (χ4n) is 2.41. The Kier molecular flexibility index (Phi) is 6.45. The summed E-state index contributed by atoms with van der Waals surface area (Å²) in [6.07, 6.45) is 0.966. The summed E-state index contributed by atoms with van der Waals surface area (Å²) in [4.78, 5) is 25.7. The lowest BCUT2D eigenvalue weighted by Gasteiger charge is -2.34. The highest BCUT2D eigenvalue weighted by Crippen LogP contribution is 2.10. The Labute approximate surface area is 115 Å². The van der Waals surface area contributed by atoms with Crippen molar-refractivity contribution in [1.29, 1.82) is 0 Å². The van der Waals surface area contributed by atoms with Crippen molar-refractivity contribution < 1.29 is 14.3 Å². The van der Waals surface area contributed by atoms with Crippen molar-refractivity contribution in [3.05, 3.63) is 0 Å². The molecule has 0 aliphatic carbocycles. The molecule has 1 amide bonds. The molecular formula is C14H26N2O3. The second-order valence-corrected chi connectivity index (χ2v) is 5.51. The predicted molar refractivity (Wildman–Crippen MR) is 73.9 cm³/mol. The summed E-state index contributed by atoms with van der Waals surface area (Å²) in [7, 11) is 0. The van der Waals surface area contributed by atoms with Gasteiger partial charge in [0.2, 0.25) is 5.91 Å². The number of Topliss-reactive ketones (excluding diaryl/α,β-unsaturated/α-hetero) is 1. The molecule has 1 heterocycles. The summed E-state index contributed by atoms with van der Waals surface area (Å²) in [5.41, 5.74) is 0. The van der Waals surface area contributed by atoms with E-state index in [1.54, 1.807) is 0 Å². The number of ketones is 1. The highest BCUT2D eigenvalue weighted by Gasteiger charge is 2.26. The predicted octanol–water partition coefficient (Wildman–Crippen LogP) is 0.827. The van der Waals surface area contributed by atoms with Crippen LogP contribution in [-0.4, -0.2) is 55.0 Å². The van der Waals surface area contributed by atoms with Crippen LogP contribution in [0, 0.1) is 5.92 Å². The summed E-state index contributed by atoms with van der Waals surface area (Å²) in [5, 5.41) is 2.84. The number of amides is 1. The van der Waals surface area contributed by atoms with Crippen molar-refractivity contribution in [2.45, 2.75) is 46.2 Å². The number of carbonyl (C=O) groups excluding carboxylic acids is 2. The largest absolute Gasteiger partial charge is 0.378 e. The highest BCUT2D eigenvalue weighted by molar-refractivity contribution is 5.88. The van der Waals surface area contributed by atoms with E-state index in [1.807, 2.05) is 13.8 Å². The minimum Gasteiger partial charge on any atom is -0.378 e. The highest BCUT2D eigenvalue weighted by atomic mass is 16.5. The maximum Gasteiger partial charge on any atom is 0.234 e. The first-order chi connectivity index (χ1) is 8.95. The number of hydrogen-bond donors (Lipinski definition) is 1. The molecule has 1 rings (SSSR count). The van der Waals surface area contributed by atoms with Gasteiger partial charge in [0.15, 0.2) is 5.78 Å². The average Bonchev–Trinajstić information content (AvgIpc) is 2.36. The summed E-state index contributed by atoms with van der Waals surface area (Å²) in [6, 6.07) is -0.0806. The molecule has 1 fully saturated rings. The van der Waals surface area contributed by atoms with Crippen molar-refractivity contribution in [3.63, 3.8) is 0 Å². The quantitative estimate of drug-likeness (QED) is 0.776. The van der Waals surface area contributed by atoms with Gasteiger partial charge in [-0.25, -0.2) is 0 Å². The summed E-state index contributed by atoms with van der Waals surface area (Å²) in [5.74, 6) is 0.0553. The molecule has 5 nitrogen and oxygen atoms in total. The van der Waals surface area contributed by atoms with Crippen molar-refractivity contribution >= 4 is 11.7 Å². The second kappa shape index (κ2) is 7.60. The average molecular weight is 270 g/mol. The van der Waals surface area contributed by atoms with E-state index in [0.29, 0.717) is 25.8 Å². The zero-order chi connectivity index (χ0) is 14.4. The molecule has 2 atom stereocenters. The standard InChI is InChI=1S/C14H26N2O3/c1-5-12-9-19-7-6-16(12)8-13(18)15-14(10(2)3)11(4)17/h10,12,14H,5-9H2,1-4H3,(H,15,18). The molecule has 0 aromatic rings. The first-order valence-electron chi connectivity index (χ1n) is 7.07. The first-order valence-corrected chi connectivity index (χ1v) is 7.07. The lowest BCUT2D eigenvalue weighted by molar-refractivity contribution is -0.130. The van der Waals surface area contributed by atoms with Crippen LogP contribution in [-0.2, 0) is 14.3 Å². The maximum absolute atomic E-state index is 12.0. The molecule has 0 aromatic carbocycles. The maximum atomic E-state index is 12.0. The van der Waals surface area contributed by atoms with E-state index < -0.39 is 0 Å². The van der Waals surface area contributed by atoms with Crippen molar-refractivity contribution in [1.82, 2.24) is 10.2 Å². The van der Waals surface area contributed by atoms with E-state index in [9.17, 15) is 9.59 Å². The Morgan fingerprint density at radius 1 is 1.42 bits per heavy atom. The fourth-order valence-corrected chi connectivity index (χ4v) is 2.41. The second-order valence-electron chi connectivity index (χ2n) is 5.51. The lowest BCUT2D eigenvalue weighted by atomic mass is 10.0. The Balaban J connectivity index is 2.51. The molecule has 1 aliphatic heterocycles. The van der Waals surface area contributed by atoms with Crippen LogP contribution in [0.5, 0.6) is 0 Å². The molecule has 0 bridgehead atoms. The molecule has 0 radical (unpaired) electrons. The van der Waals surface area contributed by atoms with Crippen LogP contribution in [0.2, 0.25) is 0 Å². The molecule has 5 heteroatoms. The third-order valence-electron chi connectivity index (χ3n) is 3.59. The minimum absolute atomic E-state index is 0.0115. The summed E-state index contributed by atoms with van der Waals surface area (Å²) < 4.78 is 5.41. The molecule has 19 heavy (non-hydrogen) atoms. The van der Waals surface area contributed by atoms with Gasteiger partial charge in [-0.15, -0.1) is 0 Å². The molecule has 1 N–H and O–H groups in total. The van der Waals surface area contributed by atoms with E-state index in [1.165, 1.54) is 6.92 Å².